The van der Waals surface area contributed by atoms with Crippen LogP contribution < -0.4 is 9.47 Å². The van der Waals surface area contributed by atoms with Gasteiger partial charge in [-0.1, -0.05) is 127 Å². The van der Waals surface area contributed by atoms with E-state index in [0.29, 0.717) is 61.2 Å². The van der Waals surface area contributed by atoms with Gasteiger partial charge in [0.05, 0.1) is 27.8 Å². The molecule has 18 heteroatoms. The second kappa shape index (κ2) is 25.6. The minimum atomic E-state index is -1.29. The highest BCUT2D eigenvalue weighted by molar-refractivity contribution is 6.68. The maximum Gasteiger partial charge on any atom is 0.343 e. The summed E-state index contributed by atoms with van der Waals surface area (Å²) in [7, 11) is 0. The van der Waals surface area contributed by atoms with E-state index in [1.807, 2.05) is 36.4 Å². The highest BCUT2D eigenvalue weighted by Gasteiger charge is 2.51. The van der Waals surface area contributed by atoms with E-state index in [2.05, 4.69) is 0 Å². The molecule has 16 nitrogen and oxygen atoms in total. The van der Waals surface area contributed by atoms with Gasteiger partial charge in [0.2, 0.25) is 0 Å². The summed E-state index contributed by atoms with van der Waals surface area (Å²) in [5.41, 5.74) is 4.72. The Labute approximate surface area is 545 Å². The van der Waals surface area contributed by atoms with Crippen molar-refractivity contribution in [3.8, 4) is 34.5 Å². The van der Waals surface area contributed by atoms with Crippen molar-refractivity contribution in [1.29, 1.82) is 0 Å². The quantitative estimate of drug-likeness (QED) is 0.0384. The average Bonchev–Trinajstić information content (AvgIpc) is 1.56. The molecule has 462 valence electrons. The first-order valence-corrected chi connectivity index (χ1v) is 29.6. The van der Waals surface area contributed by atoms with Crippen LogP contribution in [0.15, 0.2) is 267 Å². The number of benzene rings is 11. The van der Waals surface area contributed by atoms with E-state index >= 15 is 0 Å². The average molecular weight is 1290 g/mol. The second-order valence-corrected chi connectivity index (χ2v) is 22.3. The number of ether oxygens (including phenoxy) is 5. The van der Waals surface area contributed by atoms with Gasteiger partial charge in [0.1, 0.15) is 34.5 Å². The van der Waals surface area contributed by atoms with Crippen molar-refractivity contribution in [1.82, 2.24) is 0 Å². The lowest BCUT2D eigenvalue weighted by atomic mass is 9.80. The molecule has 0 fully saturated rings. The minimum Gasteiger partial charge on any atom is -0.508 e. The first-order chi connectivity index (χ1) is 45.4. The van der Waals surface area contributed by atoms with Crippen LogP contribution in [0.1, 0.15) is 123 Å². The van der Waals surface area contributed by atoms with Gasteiger partial charge in [-0.2, -0.15) is 0 Å². The Morgan fingerprint density at radius 3 is 0.734 bits per heavy atom. The maximum atomic E-state index is 13.2. The van der Waals surface area contributed by atoms with Gasteiger partial charge in [-0.05, 0) is 163 Å². The van der Waals surface area contributed by atoms with Gasteiger partial charge in [0.25, 0.3) is 10.5 Å². The number of cyclic esters (lactones) is 3. The molecule has 0 bridgehead atoms. The van der Waals surface area contributed by atoms with Crippen LogP contribution in [-0.2, 0) is 31.0 Å². The maximum absolute atomic E-state index is 13.2. The van der Waals surface area contributed by atoms with E-state index in [0.717, 1.165) is 16.7 Å². The Balaban J connectivity index is 0.000000191. The lowest BCUT2D eigenvalue weighted by Gasteiger charge is -2.30. The van der Waals surface area contributed by atoms with Gasteiger partial charge in [0, 0.05) is 61.2 Å². The minimum absolute atomic E-state index is 0.0672. The summed E-state index contributed by atoms with van der Waals surface area (Å²) in [6.07, 6.45) is 0. The van der Waals surface area contributed by atoms with Crippen molar-refractivity contribution in [2.75, 3.05) is 0 Å². The van der Waals surface area contributed by atoms with Crippen LogP contribution in [0.25, 0.3) is 0 Å². The molecule has 94 heavy (non-hydrogen) atoms. The monoisotopic (exact) mass is 1290 g/mol. The van der Waals surface area contributed by atoms with Crippen molar-refractivity contribution in [3.05, 3.63) is 356 Å². The zero-order chi connectivity index (χ0) is 65.9. The first kappa shape index (κ1) is 62.1. The molecular formula is C76H48Cl2O16. The summed E-state index contributed by atoms with van der Waals surface area (Å²) in [5, 5.41) is 38.0. The number of phenolic OH excluding ortho intramolecular Hbond substituents is 4. The molecule has 0 aromatic heterocycles. The topological polar surface area (TPSA) is 247 Å². The largest absolute Gasteiger partial charge is 0.508 e. The molecule has 0 saturated heterocycles. The van der Waals surface area contributed by atoms with Crippen LogP contribution in [0.2, 0.25) is 0 Å². The number of phenols is 4. The number of carbonyl (C=O) groups is 7. The highest BCUT2D eigenvalue weighted by atomic mass is 35.5. The number of halogens is 2. The predicted octanol–water partition coefficient (Wildman–Crippen LogP) is 14.5. The summed E-state index contributed by atoms with van der Waals surface area (Å²) in [5.74, 6) is -1.80. The number of aromatic hydroxyl groups is 4. The molecule has 2 atom stereocenters. The number of hydrogen-bond donors (Lipinski definition) is 4. The standard InChI is InChI=1S/C48H30O10.C20H14O4.C8H4Cl2O2/c49-35-21-13-31(14-22-35)47(41-7-3-1-5-39(41)45(53)57-47)33-17-25-37(26-18-33)55-43(51)29-9-11-30(12-10-29)44(52)56-38-27-19-34(20-28-38)48(32-15-23-36(50)24-16-32)42-8-4-2-6-40(42)46(54)58-48;21-15-9-5-13(6-10-15)20(14-7-11-16(22)12-8-14)18-4-2-1-3-17(18)19(23)24-20;9-7(11)5-1-2-6(4-3-5)8(10)12/h1-28,49-50H;1-12,21-22H;1-4H. The van der Waals surface area contributed by atoms with E-state index in [4.69, 9.17) is 46.9 Å². The molecule has 0 amide bonds. The molecule has 0 radical (unpaired) electrons. The number of hydrogen-bond acceptors (Lipinski definition) is 16. The SMILES string of the molecule is O=C(Cl)c1ccc(C(=O)Cl)cc1.O=C(Oc1ccc(C2(c3ccc(O)cc3)OC(=O)c3ccccc32)cc1)c1ccc(C(=O)Oc2ccc(C3(c4ccc(O)cc4)OC(=O)c4ccccc43)cc2)cc1.O=C1OC(c2ccc(O)cc2)(c2ccc(O)cc2)c2ccccc21. The molecule has 4 N–H and O–H groups in total. The Bertz CT molecular complexity index is 4480. The van der Waals surface area contributed by atoms with Crippen molar-refractivity contribution in [2.45, 2.75) is 16.8 Å². The Hall–Kier alpha value is -12.1. The molecule has 3 heterocycles. The van der Waals surface area contributed by atoms with E-state index < -0.39 is 57.1 Å². The van der Waals surface area contributed by atoms with Crippen LogP contribution >= 0.6 is 23.2 Å². The van der Waals surface area contributed by atoms with Gasteiger partial charge < -0.3 is 44.1 Å². The molecule has 14 rings (SSSR count). The summed E-state index contributed by atoms with van der Waals surface area (Å²) >= 11 is 10.4. The number of carbonyl (C=O) groups excluding carboxylic acids is 7. The predicted molar refractivity (Wildman–Crippen MR) is 344 cm³/mol. The van der Waals surface area contributed by atoms with Crippen LogP contribution in [-0.4, -0.2) is 60.8 Å². The van der Waals surface area contributed by atoms with Gasteiger partial charge in [-0.25, -0.2) is 24.0 Å². The lowest BCUT2D eigenvalue weighted by molar-refractivity contribution is 0.0242. The van der Waals surface area contributed by atoms with E-state index in [1.54, 1.807) is 158 Å². The zero-order valence-electron chi connectivity index (χ0n) is 48.8. The fraction of sp³-hybridized carbons (Fsp3) is 0.0395. The smallest absolute Gasteiger partial charge is 0.343 e. The summed E-state index contributed by atoms with van der Waals surface area (Å²) < 4.78 is 29.3. The molecule has 11 aromatic rings. The molecule has 3 aliphatic rings. The zero-order valence-corrected chi connectivity index (χ0v) is 50.4. The van der Waals surface area contributed by atoms with Crippen molar-refractivity contribution >= 4 is 63.5 Å². The van der Waals surface area contributed by atoms with E-state index in [9.17, 15) is 54.0 Å². The fourth-order valence-electron chi connectivity index (χ4n) is 11.5. The van der Waals surface area contributed by atoms with Crippen LogP contribution in [0.3, 0.4) is 0 Å². The molecule has 2 unspecified atom stereocenters. The molecule has 0 saturated carbocycles. The molecule has 0 aliphatic carbocycles. The molecule has 3 aliphatic heterocycles. The third-order valence-corrected chi connectivity index (χ3v) is 16.5. The third-order valence-electron chi connectivity index (χ3n) is 16.0. The molecule has 0 spiro atoms. The van der Waals surface area contributed by atoms with Crippen molar-refractivity contribution in [2.24, 2.45) is 0 Å². The van der Waals surface area contributed by atoms with Gasteiger partial charge >= 0.3 is 29.8 Å². The molecule has 11 aromatic carbocycles. The number of rotatable bonds is 12. The first-order valence-electron chi connectivity index (χ1n) is 28.8. The summed E-state index contributed by atoms with van der Waals surface area (Å²) in [4.78, 5) is 85.9. The van der Waals surface area contributed by atoms with Crippen molar-refractivity contribution < 1.29 is 77.7 Å². The highest BCUT2D eigenvalue weighted by Crippen LogP contribution is 2.50. The third kappa shape index (κ3) is 11.7. The lowest BCUT2D eigenvalue weighted by Crippen LogP contribution is -2.29. The van der Waals surface area contributed by atoms with Crippen LogP contribution in [0.4, 0.5) is 0 Å². The summed E-state index contributed by atoms with van der Waals surface area (Å²) in [6, 6.07) is 72.4. The van der Waals surface area contributed by atoms with E-state index in [1.165, 1.54) is 72.8 Å². The number of esters is 5. The molecular weight excluding hydrogens is 1240 g/mol. The Morgan fingerprint density at radius 1 is 0.287 bits per heavy atom. The summed E-state index contributed by atoms with van der Waals surface area (Å²) in [6.45, 7) is 0. The van der Waals surface area contributed by atoms with Gasteiger partial charge in [0.15, 0.2) is 16.8 Å². The van der Waals surface area contributed by atoms with Crippen LogP contribution in [0, 0.1) is 0 Å². The van der Waals surface area contributed by atoms with Gasteiger partial charge in [-0.15, -0.1) is 0 Å². The van der Waals surface area contributed by atoms with Gasteiger partial charge in [-0.3, -0.25) is 9.59 Å². The Morgan fingerprint density at radius 2 is 0.500 bits per heavy atom. The number of fused-ring (bicyclic) bond motifs is 3. The Kier molecular flexibility index (Phi) is 16.9. The fourth-order valence-corrected chi connectivity index (χ4v) is 11.8. The van der Waals surface area contributed by atoms with Crippen LogP contribution in [0.5, 0.6) is 34.5 Å². The van der Waals surface area contributed by atoms with Crippen molar-refractivity contribution in [3.63, 3.8) is 0 Å². The van der Waals surface area contributed by atoms with E-state index in [-0.39, 0.29) is 45.6 Å². The normalized spacial score (nSPS) is 16.0. The second-order valence-electron chi connectivity index (χ2n) is 21.6.